The lowest BCUT2D eigenvalue weighted by atomic mass is 10.2. The monoisotopic (exact) mass is 270 g/mol. The molecule has 0 atom stereocenters. The quantitative estimate of drug-likeness (QED) is 0.766. The molecule has 3 N–H and O–H groups in total. The van der Waals surface area contributed by atoms with Crippen molar-refractivity contribution in [3.8, 4) is 0 Å². The molecule has 3 aromatic rings. The molecule has 0 aliphatic heterocycles. The van der Waals surface area contributed by atoms with Crippen molar-refractivity contribution in [3.05, 3.63) is 47.6 Å². The van der Waals surface area contributed by atoms with E-state index in [0.29, 0.717) is 11.4 Å². The zero-order chi connectivity index (χ0) is 13.2. The third-order valence-electron chi connectivity index (χ3n) is 2.67. The van der Waals surface area contributed by atoms with Gasteiger partial charge in [0.2, 0.25) is 5.91 Å². The predicted molar refractivity (Wildman–Crippen MR) is 75.7 cm³/mol. The molecule has 5 nitrogen and oxygen atoms in total. The average Bonchev–Trinajstić information content (AvgIpc) is 2.88. The highest BCUT2D eigenvalue weighted by molar-refractivity contribution is 7.16. The van der Waals surface area contributed by atoms with Gasteiger partial charge in [0.15, 0.2) is 0 Å². The largest absolute Gasteiger partial charge is 0.366 e. The lowest BCUT2D eigenvalue weighted by Gasteiger charge is -2.07. The van der Waals surface area contributed by atoms with Gasteiger partial charge in [0, 0.05) is 11.3 Å². The summed E-state index contributed by atoms with van der Waals surface area (Å²) in [7, 11) is 0. The summed E-state index contributed by atoms with van der Waals surface area (Å²) in [5.41, 5.74) is 6.48. The normalized spacial score (nSPS) is 10.5. The Morgan fingerprint density at radius 3 is 3.00 bits per heavy atom. The van der Waals surface area contributed by atoms with Gasteiger partial charge in [-0.15, -0.1) is 11.3 Å². The number of fused-ring (bicyclic) bond motifs is 1. The second kappa shape index (κ2) is 4.66. The Bertz CT molecular complexity index is 753. The predicted octanol–water partition coefficient (Wildman–Crippen LogP) is 2.53. The van der Waals surface area contributed by atoms with Gasteiger partial charge in [-0.1, -0.05) is 6.07 Å². The van der Waals surface area contributed by atoms with Crippen LogP contribution < -0.4 is 11.1 Å². The van der Waals surface area contributed by atoms with Gasteiger partial charge in [-0.25, -0.2) is 9.97 Å². The summed E-state index contributed by atoms with van der Waals surface area (Å²) in [6.45, 7) is 0. The van der Waals surface area contributed by atoms with E-state index < -0.39 is 5.91 Å². The van der Waals surface area contributed by atoms with Gasteiger partial charge in [0.1, 0.15) is 17.0 Å². The van der Waals surface area contributed by atoms with Crippen molar-refractivity contribution < 1.29 is 4.79 Å². The minimum Gasteiger partial charge on any atom is -0.366 e. The SMILES string of the molecule is NC(=O)c1cccc(Nc2ncnc3sccc23)c1. The Balaban J connectivity index is 1.99. The number of rotatable bonds is 3. The molecule has 1 amide bonds. The van der Waals surface area contributed by atoms with E-state index >= 15 is 0 Å². The number of hydrogen-bond acceptors (Lipinski definition) is 5. The van der Waals surface area contributed by atoms with E-state index in [-0.39, 0.29) is 0 Å². The fourth-order valence-corrected chi connectivity index (χ4v) is 2.51. The van der Waals surface area contributed by atoms with Crippen molar-refractivity contribution in [2.45, 2.75) is 0 Å². The molecule has 3 rings (SSSR count). The first-order valence-electron chi connectivity index (χ1n) is 5.59. The van der Waals surface area contributed by atoms with E-state index in [1.807, 2.05) is 17.5 Å². The van der Waals surface area contributed by atoms with Gasteiger partial charge in [0.25, 0.3) is 0 Å². The van der Waals surface area contributed by atoms with Gasteiger partial charge in [-0.05, 0) is 29.6 Å². The molecule has 2 aromatic heterocycles. The van der Waals surface area contributed by atoms with E-state index in [1.165, 1.54) is 6.33 Å². The molecule has 0 saturated carbocycles. The van der Waals surface area contributed by atoms with Crippen LogP contribution in [0.3, 0.4) is 0 Å². The molecule has 0 unspecified atom stereocenters. The third kappa shape index (κ3) is 2.25. The number of anilines is 2. The number of carbonyl (C=O) groups excluding carboxylic acids is 1. The maximum absolute atomic E-state index is 11.1. The fourth-order valence-electron chi connectivity index (χ4n) is 1.78. The Kier molecular flexibility index (Phi) is 2.85. The summed E-state index contributed by atoms with van der Waals surface area (Å²) >= 11 is 1.55. The number of benzene rings is 1. The Labute approximate surface area is 113 Å². The first-order valence-corrected chi connectivity index (χ1v) is 6.47. The summed E-state index contributed by atoms with van der Waals surface area (Å²) in [5.74, 6) is 0.264. The number of carbonyl (C=O) groups is 1. The molecule has 6 heteroatoms. The van der Waals surface area contributed by atoms with Crippen molar-refractivity contribution in [2.75, 3.05) is 5.32 Å². The number of aromatic nitrogens is 2. The van der Waals surface area contributed by atoms with Gasteiger partial charge in [-0.3, -0.25) is 4.79 Å². The second-order valence-corrected chi connectivity index (χ2v) is 4.83. The molecule has 0 bridgehead atoms. The molecular weight excluding hydrogens is 260 g/mol. The topological polar surface area (TPSA) is 80.9 Å². The molecule has 0 aliphatic rings. The molecule has 0 aliphatic carbocycles. The van der Waals surface area contributed by atoms with Crippen LogP contribution in [0.25, 0.3) is 10.2 Å². The lowest BCUT2D eigenvalue weighted by molar-refractivity contribution is 0.100. The average molecular weight is 270 g/mol. The molecule has 2 heterocycles. The molecule has 0 radical (unpaired) electrons. The van der Waals surface area contributed by atoms with Gasteiger partial charge >= 0.3 is 0 Å². The standard InChI is InChI=1S/C13H10N4OS/c14-11(18)8-2-1-3-9(6-8)17-12-10-4-5-19-13(10)16-7-15-12/h1-7H,(H2,14,18)(H,15,16,17). The Morgan fingerprint density at radius 1 is 1.26 bits per heavy atom. The maximum atomic E-state index is 11.1. The highest BCUT2D eigenvalue weighted by Crippen LogP contribution is 2.26. The number of nitrogens with two attached hydrogens (primary N) is 1. The zero-order valence-corrected chi connectivity index (χ0v) is 10.6. The van der Waals surface area contributed by atoms with E-state index in [1.54, 1.807) is 29.5 Å². The van der Waals surface area contributed by atoms with Crippen LogP contribution in [-0.4, -0.2) is 15.9 Å². The van der Waals surface area contributed by atoms with Gasteiger partial charge in [-0.2, -0.15) is 0 Å². The Morgan fingerprint density at radius 2 is 2.16 bits per heavy atom. The highest BCUT2D eigenvalue weighted by Gasteiger charge is 2.06. The molecule has 0 saturated heterocycles. The van der Waals surface area contributed by atoms with E-state index in [0.717, 1.165) is 15.9 Å². The summed E-state index contributed by atoms with van der Waals surface area (Å²) in [6.07, 6.45) is 1.51. The van der Waals surface area contributed by atoms with Crippen LogP contribution in [0.5, 0.6) is 0 Å². The molecular formula is C13H10N4OS. The first kappa shape index (κ1) is 11.6. The molecule has 0 spiro atoms. The van der Waals surface area contributed by atoms with Crippen LogP contribution in [0.1, 0.15) is 10.4 Å². The van der Waals surface area contributed by atoms with E-state index in [4.69, 9.17) is 5.73 Å². The lowest BCUT2D eigenvalue weighted by Crippen LogP contribution is -2.10. The first-order chi connectivity index (χ1) is 9.24. The van der Waals surface area contributed by atoms with Crippen molar-refractivity contribution in [1.82, 2.24) is 9.97 Å². The van der Waals surface area contributed by atoms with Crippen LogP contribution >= 0.6 is 11.3 Å². The number of thiophene rings is 1. The third-order valence-corrected chi connectivity index (χ3v) is 3.49. The van der Waals surface area contributed by atoms with Gasteiger partial charge < -0.3 is 11.1 Å². The van der Waals surface area contributed by atoms with Crippen LogP contribution in [0.15, 0.2) is 42.0 Å². The zero-order valence-electron chi connectivity index (χ0n) is 9.83. The number of amides is 1. The van der Waals surface area contributed by atoms with Crippen LogP contribution in [0.2, 0.25) is 0 Å². The van der Waals surface area contributed by atoms with Crippen LogP contribution in [0, 0.1) is 0 Å². The van der Waals surface area contributed by atoms with Crippen molar-refractivity contribution in [1.29, 1.82) is 0 Å². The highest BCUT2D eigenvalue weighted by atomic mass is 32.1. The van der Waals surface area contributed by atoms with E-state index in [2.05, 4.69) is 15.3 Å². The van der Waals surface area contributed by atoms with Crippen molar-refractivity contribution in [3.63, 3.8) is 0 Å². The smallest absolute Gasteiger partial charge is 0.248 e. The summed E-state index contributed by atoms with van der Waals surface area (Å²) in [5, 5.41) is 6.09. The van der Waals surface area contributed by atoms with Crippen LogP contribution in [-0.2, 0) is 0 Å². The number of nitrogens with zero attached hydrogens (tertiary/aromatic N) is 2. The summed E-state index contributed by atoms with van der Waals surface area (Å²) in [4.78, 5) is 20.5. The maximum Gasteiger partial charge on any atom is 0.248 e. The van der Waals surface area contributed by atoms with Crippen LogP contribution in [0.4, 0.5) is 11.5 Å². The molecule has 1 aromatic carbocycles. The molecule has 0 fully saturated rings. The fraction of sp³-hybridized carbons (Fsp3) is 0. The van der Waals surface area contributed by atoms with Crippen molar-refractivity contribution >= 4 is 39.0 Å². The summed E-state index contributed by atoms with van der Waals surface area (Å²) < 4.78 is 0. The number of hydrogen-bond donors (Lipinski definition) is 2. The molecule has 94 valence electrons. The summed E-state index contributed by atoms with van der Waals surface area (Å²) in [6, 6.07) is 8.96. The van der Waals surface area contributed by atoms with Crippen molar-refractivity contribution in [2.24, 2.45) is 5.73 Å². The minimum atomic E-state index is -0.452. The van der Waals surface area contributed by atoms with Gasteiger partial charge in [0.05, 0.1) is 5.39 Å². The number of nitrogens with one attached hydrogen (secondary N) is 1. The Hall–Kier alpha value is -2.47. The molecule has 19 heavy (non-hydrogen) atoms. The minimum absolute atomic E-state index is 0.452. The second-order valence-electron chi connectivity index (χ2n) is 3.93. The number of primary amides is 1. The van der Waals surface area contributed by atoms with E-state index in [9.17, 15) is 4.79 Å².